The van der Waals surface area contributed by atoms with E-state index in [0.717, 1.165) is 103 Å². The second-order valence-electron chi connectivity index (χ2n) is 33.4. The van der Waals surface area contributed by atoms with Crippen molar-refractivity contribution in [3.05, 3.63) is 224 Å². The fraction of sp³-hybridized carbons (Fsp3) is 0.362. The average Bonchev–Trinajstić information content (AvgIpc) is 1.56. The van der Waals surface area contributed by atoms with Crippen LogP contribution in [0.15, 0.2) is 172 Å². The predicted molar refractivity (Wildman–Crippen MR) is 425 cm³/mol. The second kappa shape index (κ2) is 24.5. The van der Waals surface area contributed by atoms with E-state index < -0.39 is 46.3 Å². The van der Waals surface area contributed by atoms with Gasteiger partial charge in [-0.1, -0.05) is 146 Å². The molecule has 108 heavy (non-hydrogen) atoms. The number of ether oxygens (including phenoxy) is 3. The van der Waals surface area contributed by atoms with E-state index in [9.17, 15) is 15.3 Å². The summed E-state index contributed by atoms with van der Waals surface area (Å²) in [6.07, 6.45) is 16.5. The number of nitrogens with two attached hydrogens (primary N) is 2. The molecule has 5 aliphatic heterocycles. The van der Waals surface area contributed by atoms with Gasteiger partial charge in [-0.25, -0.2) is 4.99 Å². The summed E-state index contributed by atoms with van der Waals surface area (Å²) in [6.45, 7) is 3.52. The quantitative estimate of drug-likeness (QED) is 0.0295. The number of fused-ring (bicyclic) bond motifs is 11. The zero-order valence-electron chi connectivity index (χ0n) is 61.0. The summed E-state index contributed by atoms with van der Waals surface area (Å²) < 4.78 is 28.3. The third-order valence-electron chi connectivity index (χ3n) is 28.4. The van der Waals surface area contributed by atoms with Crippen LogP contribution < -0.4 is 41.3 Å². The minimum absolute atomic E-state index is 0.0173. The number of anilines is 1. The zero-order valence-corrected chi connectivity index (χ0v) is 61.0. The Kier molecular flexibility index (Phi) is 14.9. The number of methoxy groups -OCH3 is 1. The first-order valence-corrected chi connectivity index (χ1v) is 39.3. The number of allylic oxidation sites excluding steroid dienone is 2. The third-order valence-corrected chi connectivity index (χ3v) is 28.4. The Morgan fingerprint density at radius 1 is 0.815 bits per heavy atom. The smallest absolute Gasteiger partial charge is 0.204 e. The number of hydrogen-bond donors (Lipinski definition) is 7. The molecule has 3 saturated carbocycles. The van der Waals surface area contributed by atoms with E-state index in [1.807, 2.05) is 36.4 Å². The maximum atomic E-state index is 15.8. The molecule has 3 spiro atoms. The summed E-state index contributed by atoms with van der Waals surface area (Å²) in [5.74, 6) is 18.4. The third kappa shape index (κ3) is 9.51. The highest BCUT2D eigenvalue weighted by Crippen LogP contribution is 2.74. The van der Waals surface area contributed by atoms with Crippen LogP contribution in [0.25, 0.3) is 66.6 Å². The van der Waals surface area contributed by atoms with E-state index in [1.54, 1.807) is 43.0 Å². The first-order chi connectivity index (χ1) is 52.7. The van der Waals surface area contributed by atoms with Crippen LogP contribution in [0.1, 0.15) is 139 Å². The van der Waals surface area contributed by atoms with Crippen LogP contribution in [0.5, 0.6) is 23.0 Å². The van der Waals surface area contributed by atoms with Gasteiger partial charge in [0.1, 0.15) is 22.7 Å². The molecule has 22 rings (SSSR count). The molecule has 14 nitrogen and oxygen atoms in total. The number of aromatic amines is 1. The number of piperazine rings is 1. The lowest BCUT2D eigenvalue weighted by molar-refractivity contribution is 0.0306. The molecule has 9 N–H and O–H groups in total. The molecular weight excluding hydrogens is 1340 g/mol. The highest BCUT2D eigenvalue weighted by Gasteiger charge is 2.71. The maximum Gasteiger partial charge on any atom is 0.204 e. The van der Waals surface area contributed by atoms with Gasteiger partial charge in [0.25, 0.3) is 0 Å². The van der Waals surface area contributed by atoms with Crippen LogP contribution in [0.3, 0.4) is 0 Å². The number of aliphatic hydroxyl groups excluding tert-OH is 2. The lowest BCUT2D eigenvalue weighted by Gasteiger charge is -2.55. The molecular formula is C94H88N6O8. The molecule has 8 aromatic carbocycles. The number of rotatable bonds is 10. The number of aromatic hydroxyl groups is 1. The molecule has 14 atom stereocenters. The van der Waals surface area contributed by atoms with E-state index in [0.29, 0.717) is 54.6 Å². The number of phenolic OH excluding ortho intramolecular Hbond substituents is 1. The topological polar surface area (TPSA) is 214 Å². The van der Waals surface area contributed by atoms with Crippen molar-refractivity contribution in [1.82, 2.24) is 10.3 Å². The summed E-state index contributed by atoms with van der Waals surface area (Å²) in [5, 5.41) is 44.1. The molecule has 14 heteroatoms. The zero-order chi connectivity index (χ0) is 72.7. The van der Waals surface area contributed by atoms with Crippen molar-refractivity contribution in [1.29, 1.82) is 0 Å². The molecule has 7 heterocycles. The van der Waals surface area contributed by atoms with Gasteiger partial charge in [0.05, 0.1) is 55.7 Å². The number of guanidine groups is 1. The largest absolute Gasteiger partial charge is 0.508 e. The van der Waals surface area contributed by atoms with Gasteiger partial charge in [-0.3, -0.25) is 4.79 Å². The average molecular weight is 1430 g/mol. The standard InChI is InChI=1S/C94H88N6O8/c1-91-64-23-24-65-25-30-71-72-44-58(32-35-93(65,91)36-33-64)69-29-20-62-43-60-13-7-11-56-15-16-63-48-92(72,83(69)80(62)79(63)78(56)60)51-94(71)66-22-17-59(74(45-66)98-90(95)96)42-54(49-101)50-107-85-81(61-21-31-73-88(94)100(38-37-97-73)89-70(46-77(91)99-89)57-12-6-10-53(40-57)41-61)84-82(75(104)47-76(108-84)55-18-27-67(102)28-19-55)86(87(85)105-2)106-39-34-68(103)26-14-52-8-4-3-5-9-52/h3-14,17-20,22,26-29,40,43-47,54,61,63-65,68,71-73,88,97,99,101-103H,15-16,23-24,32-39,41-42,48-51H2,1-2H3,(H4,95,96,98)/b26-14+/t54-,61+,63-,64-,65+,68+,71+,72-,73+,88-,91+,92+,93-,94+/m1/s1. The van der Waals surface area contributed by atoms with Gasteiger partial charge in [-0.05, 0) is 214 Å². The van der Waals surface area contributed by atoms with Crippen molar-refractivity contribution >= 4 is 61.6 Å². The van der Waals surface area contributed by atoms with Crippen molar-refractivity contribution in [2.75, 3.05) is 44.9 Å². The normalized spacial score (nSPS) is 29.1. The summed E-state index contributed by atoms with van der Waals surface area (Å²) in [7, 11) is 1.55. The van der Waals surface area contributed by atoms with E-state index in [4.69, 9.17) is 35.1 Å². The molecule has 1 saturated heterocycles. The van der Waals surface area contributed by atoms with Crippen LogP contribution in [0, 0.1) is 58.7 Å². The number of nitrogens with one attached hydrogen (secondary N) is 2. The Bertz CT molecular complexity index is 5770. The number of aliphatic hydroxyl groups is 2. The number of aryl methyl sites for hydroxylation is 1. The molecule has 0 unspecified atom stereocenters. The van der Waals surface area contributed by atoms with Gasteiger partial charge in [-0.15, -0.1) is 0 Å². The second-order valence-corrected chi connectivity index (χ2v) is 33.4. The van der Waals surface area contributed by atoms with Gasteiger partial charge in [-0.2, -0.15) is 0 Å². The molecule has 7 aliphatic carbocycles. The van der Waals surface area contributed by atoms with Gasteiger partial charge < -0.3 is 60.6 Å². The molecule has 2 aromatic heterocycles. The fourth-order valence-corrected chi connectivity index (χ4v) is 23.8. The number of benzene rings is 8. The van der Waals surface area contributed by atoms with E-state index in [2.05, 4.69) is 137 Å². The SMILES string of the molecule is COc1c2c(c3oc(-c4ccc(O)cc4)cc(=O)c3c1OCC[C@@H](O)/C=C/c1ccccc1)[C@H]1C#C[C@@H]3NCCN4c5[nH]c(cc5-c5cccc(c5)C1)[C@]1(C)[C@@H]5CC[C@H]6C#C[C@H]7[C@H]8C=C(CC[C@@]61CC5)c1ccc5cc6cccc9c6c6c5c1[C@@]8(C[C@H]6CC9)C[C@@]7(c1ccc(c(N=C(N)N)c1)C[C@H](CO)CO2)[C@@H]34. The summed E-state index contributed by atoms with van der Waals surface area (Å²) >= 11 is 0. The number of aliphatic imine (C=N–C) groups is 1. The summed E-state index contributed by atoms with van der Waals surface area (Å²) in [5.41, 5.74) is 28.0. The Morgan fingerprint density at radius 2 is 1.69 bits per heavy atom. The number of phenols is 1. The monoisotopic (exact) mass is 1430 g/mol. The summed E-state index contributed by atoms with van der Waals surface area (Å²) in [4.78, 5) is 28.3. The molecule has 10 aromatic rings. The number of nitrogens with zero attached hydrogens (tertiary/aromatic N) is 2. The number of aromatic nitrogens is 1. The lowest BCUT2D eigenvalue weighted by Crippen LogP contribution is -2.67. The molecule has 542 valence electrons. The van der Waals surface area contributed by atoms with E-state index >= 15 is 4.79 Å². The van der Waals surface area contributed by atoms with Gasteiger partial charge in [0.15, 0.2) is 28.5 Å². The highest BCUT2D eigenvalue weighted by atomic mass is 16.5. The van der Waals surface area contributed by atoms with Crippen molar-refractivity contribution in [2.45, 2.75) is 137 Å². The number of hydrogen-bond acceptors (Lipinski definition) is 11. The molecule has 12 aliphatic rings. The van der Waals surface area contributed by atoms with Crippen molar-refractivity contribution in [2.24, 2.45) is 51.5 Å². The van der Waals surface area contributed by atoms with Crippen molar-refractivity contribution in [3.8, 4) is 69.1 Å². The Labute approximate surface area is 628 Å². The van der Waals surface area contributed by atoms with E-state index in [-0.39, 0.29) is 101 Å². The Morgan fingerprint density at radius 3 is 2.55 bits per heavy atom. The first-order valence-electron chi connectivity index (χ1n) is 39.3. The predicted octanol–water partition coefficient (Wildman–Crippen LogP) is 15.5. The minimum atomic E-state index is -0.914. The van der Waals surface area contributed by atoms with Gasteiger partial charge in [0.2, 0.25) is 5.75 Å². The minimum Gasteiger partial charge on any atom is -0.508 e. The fourth-order valence-electron chi connectivity index (χ4n) is 23.8. The molecule has 17 bridgehead atoms. The van der Waals surface area contributed by atoms with Crippen LogP contribution in [-0.2, 0) is 35.5 Å². The van der Waals surface area contributed by atoms with Crippen molar-refractivity contribution < 1.29 is 33.9 Å². The molecule has 0 radical (unpaired) electrons. The molecule has 4 fully saturated rings. The van der Waals surface area contributed by atoms with Crippen molar-refractivity contribution in [3.63, 3.8) is 0 Å². The van der Waals surface area contributed by atoms with Crippen LogP contribution >= 0.6 is 0 Å². The maximum absolute atomic E-state index is 15.8. The molecule has 0 amide bonds. The van der Waals surface area contributed by atoms with Gasteiger partial charge >= 0.3 is 0 Å². The number of H-pyrrole nitrogens is 1. The van der Waals surface area contributed by atoms with Gasteiger partial charge in [0, 0.05) is 88.9 Å². The summed E-state index contributed by atoms with van der Waals surface area (Å²) in [6, 6.07) is 49.9. The first kappa shape index (κ1) is 65.8. The van der Waals surface area contributed by atoms with E-state index in [1.165, 1.54) is 55.6 Å². The lowest BCUT2D eigenvalue weighted by atomic mass is 9.49. The van der Waals surface area contributed by atoms with Crippen LogP contribution in [0.4, 0.5) is 11.5 Å². The Hall–Kier alpha value is -10.5. The van der Waals surface area contributed by atoms with Crippen LogP contribution in [-0.4, -0.2) is 84.5 Å². The highest BCUT2D eigenvalue weighted by molar-refractivity contribution is 6.09. The van der Waals surface area contributed by atoms with Crippen LogP contribution in [0.2, 0.25) is 0 Å². The Balaban J connectivity index is 0.875.